The molecular weight excluding hydrogens is 514 g/mol. The molecule has 3 rings (SSSR count). The van der Waals surface area contributed by atoms with Crippen molar-refractivity contribution in [3.05, 3.63) is 53.1 Å². The molecule has 0 amide bonds. The lowest BCUT2D eigenvalue weighted by Gasteiger charge is -2.31. The van der Waals surface area contributed by atoms with Crippen LogP contribution in [0.25, 0.3) is 0 Å². The van der Waals surface area contributed by atoms with Crippen molar-refractivity contribution < 1.29 is 30.0 Å². The van der Waals surface area contributed by atoms with E-state index in [1.54, 1.807) is 0 Å². The number of hydrogen-bond acceptors (Lipinski definition) is 5. The summed E-state index contributed by atoms with van der Waals surface area (Å²) in [6.07, 6.45) is -4.74. The van der Waals surface area contributed by atoms with E-state index in [1.807, 2.05) is 11.9 Å². The van der Waals surface area contributed by atoms with Crippen molar-refractivity contribution in [2.45, 2.75) is 16.0 Å². The number of rotatable bonds is 5. The van der Waals surface area contributed by atoms with Gasteiger partial charge in [0, 0.05) is 31.9 Å². The molecule has 1 N–H and O–H groups in total. The number of anilines is 1. The molecule has 0 bridgehead atoms. The molecular formula is C18H20Cl2F3N3O4S2. The number of nitrogens with one attached hydrogen (secondary N) is 1. The maximum absolute atomic E-state index is 12.9. The fourth-order valence-electron chi connectivity index (χ4n) is 2.97. The Labute approximate surface area is 195 Å². The van der Waals surface area contributed by atoms with Gasteiger partial charge in [-0.05, 0) is 49.5 Å². The highest BCUT2D eigenvalue weighted by atomic mass is 35.5. The third-order valence-corrected chi connectivity index (χ3v) is 8.53. The zero-order chi connectivity index (χ0) is 23.0. The zero-order valence-corrected chi connectivity index (χ0v) is 19.8. The van der Waals surface area contributed by atoms with Crippen molar-refractivity contribution in [3.63, 3.8) is 0 Å². The number of sulfonamides is 2. The standard InChI is InChI=1S/C18H19ClF3N3O4S2.ClH/c1-24-8-10-25(11-9-24)31(28,29)15-5-3-14(4-6-15)23-30(26,27)17-12-13(18(20,21)22)2-7-16(17)19;/h2-7,12,23H,8-11H2,1H3;1H. The van der Waals surface area contributed by atoms with Gasteiger partial charge in [0.1, 0.15) is 4.90 Å². The minimum absolute atomic E-state index is 0. The molecule has 0 spiro atoms. The highest BCUT2D eigenvalue weighted by molar-refractivity contribution is 7.92. The summed E-state index contributed by atoms with van der Waals surface area (Å²) in [7, 11) is -6.30. The molecule has 1 heterocycles. The van der Waals surface area contributed by atoms with Crippen molar-refractivity contribution in [2.75, 3.05) is 37.9 Å². The van der Waals surface area contributed by atoms with Gasteiger partial charge in [-0.15, -0.1) is 12.4 Å². The first-order valence-electron chi connectivity index (χ1n) is 8.99. The monoisotopic (exact) mass is 533 g/mol. The topological polar surface area (TPSA) is 86.8 Å². The van der Waals surface area contributed by atoms with Crippen LogP contribution in [0.15, 0.2) is 52.3 Å². The minimum Gasteiger partial charge on any atom is -0.304 e. The van der Waals surface area contributed by atoms with Crippen molar-refractivity contribution in [1.82, 2.24) is 9.21 Å². The second-order valence-electron chi connectivity index (χ2n) is 6.98. The summed E-state index contributed by atoms with van der Waals surface area (Å²) in [6, 6.07) is 6.89. The Morgan fingerprint density at radius 2 is 1.50 bits per heavy atom. The first-order valence-corrected chi connectivity index (χ1v) is 12.3. The van der Waals surface area contributed by atoms with Crippen LogP contribution in [0.1, 0.15) is 5.56 Å². The van der Waals surface area contributed by atoms with Crippen molar-refractivity contribution in [2.24, 2.45) is 0 Å². The van der Waals surface area contributed by atoms with Gasteiger partial charge in [-0.2, -0.15) is 17.5 Å². The van der Waals surface area contributed by atoms with Gasteiger partial charge in [-0.3, -0.25) is 4.72 Å². The van der Waals surface area contributed by atoms with E-state index >= 15 is 0 Å². The summed E-state index contributed by atoms with van der Waals surface area (Å²) in [5.41, 5.74) is -1.18. The Hall–Kier alpha value is -1.57. The van der Waals surface area contributed by atoms with Gasteiger partial charge in [0.25, 0.3) is 10.0 Å². The minimum atomic E-state index is -4.74. The molecule has 1 fully saturated rings. The molecule has 0 unspecified atom stereocenters. The molecule has 1 aliphatic heterocycles. The van der Waals surface area contributed by atoms with Crippen LogP contribution in [0.3, 0.4) is 0 Å². The van der Waals surface area contributed by atoms with E-state index in [1.165, 1.54) is 28.6 Å². The summed E-state index contributed by atoms with van der Waals surface area (Å²) >= 11 is 5.80. The maximum atomic E-state index is 12.9. The quantitative estimate of drug-likeness (QED) is 0.635. The number of likely N-dealkylation sites (N-methyl/N-ethyl adjacent to an activating group) is 1. The van der Waals surface area contributed by atoms with Crippen LogP contribution >= 0.6 is 24.0 Å². The molecule has 2 aromatic carbocycles. The van der Waals surface area contributed by atoms with Gasteiger partial charge in [0.05, 0.1) is 15.5 Å². The summed E-state index contributed by atoms with van der Waals surface area (Å²) < 4.78 is 92.8. The number of hydrogen-bond donors (Lipinski definition) is 1. The van der Waals surface area contributed by atoms with Gasteiger partial charge in [-0.25, -0.2) is 16.8 Å². The maximum Gasteiger partial charge on any atom is 0.416 e. The van der Waals surface area contributed by atoms with E-state index in [0.29, 0.717) is 38.3 Å². The molecule has 0 radical (unpaired) electrons. The van der Waals surface area contributed by atoms with Gasteiger partial charge < -0.3 is 4.90 Å². The Bertz CT molecular complexity index is 1170. The summed E-state index contributed by atoms with van der Waals surface area (Å²) in [5.74, 6) is 0. The second kappa shape index (κ2) is 9.74. The summed E-state index contributed by atoms with van der Waals surface area (Å²) in [4.78, 5) is 1.25. The van der Waals surface area contributed by atoms with E-state index < -0.39 is 36.7 Å². The van der Waals surface area contributed by atoms with E-state index in [9.17, 15) is 30.0 Å². The molecule has 178 valence electrons. The molecule has 0 aromatic heterocycles. The van der Waals surface area contributed by atoms with Gasteiger partial charge in [-0.1, -0.05) is 11.6 Å². The molecule has 0 atom stereocenters. The Morgan fingerprint density at radius 1 is 0.938 bits per heavy atom. The van der Waals surface area contributed by atoms with Crippen molar-refractivity contribution in [3.8, 4) is 0 Å². The molecule has 1 saturated heterocycles. The third-order valence-electron chi connectivity index (χ3n) is 4.75. The second-order valence-corrected chi connectivity index (χ2v) is 11.0. The number of benzene rings is 2. The Kier molecular flexibility index (Phi) is 8.12. The van der Waals surface area contributed by atoms with Crippen LogP contribution in [0.5, 0.6) is 0 Å². The van der Waals surface area contributed by atoms with Crippen LogP contribution in [-0.4, -0.2) is 59.3 Å². The molecule has 32 heavy (non-hydrogen) atoms. The van der Waals surface area contributed by atoms with E-state index in [4.69, 9.17) is 11.6 Å². The number of halogens is 5. The highest BCUT2D eigenvalue weighted by Crippen LogP contribution is 2.34. The van der Waals surface area contributed by atoms with Crippen LogP contribution in [0, 0.1) is 0 Å². The number of piperazine rings is 1. The van der Waals surface area contributed by atoms with Gasteiger partial charge in [0.15, 0.2) is 0 Å². The molecule has 0 aliphatic carbocycles. The van der Waals surface area contributed by atoms with Crippen LogP contribution < -0.4 is 4.72 Å². The van der Waals surface area contributed by atoms with Crippen LogP contribution in [0.4, 0.5) is 18.9 Å². The van der Waals surface area contributed by atoms with E-state index in [0.717, 1.165) is 6.07 Å². The zero-order valence-electron chi connectivity index (χ0n) is 16.6. The third kappa shape index (κ3) is 5.86. The average Bonchev–Trinajstić information content (AvgIpc) is 2.67. The Morgan fingerprint density at radius 3 is 2.03 bits per heavy atom. The average molecular weight is 534 g/mol. The van der Waals surface area contributed by atoms with Crippen molar-refractivity contribution in [1.29, 1.82) is 0 Å². The largest absolute Gasteiger partial charge is 0.416 e. The fraction of sp³-hybridized carbons (Fsp3) is 0.333. The Balaban J connectivity index is 0.00000363. The number of nitrogens with zero attached hydrogens (tertiary/aromatic N) is 2. The highest BCUT2D eigenvalue weighted by Gasteiger charge is 2.33. The van der Waals surface area contributed by atoms with Crippen LogP contribution in [0.2, 0.25) is 5.02 Å². The smallest absolute Gasteiger partial charge is 0.304 e. The van der Waals surface area contributed by atoms with Crippen LogP contribution in [-0.2, 0) is 26.2 Å². The normalized spacial score (nSPS) is 16.4. The van der Waals surface area contributed by atoms with Crippen molar-refractivity contribution >= 4 is 49.7 Å². The summed E-state index contributed by atoms with van der Waals surface area (Å²) in [6.45, 7) is 1.85. The molecule has 14 heteroatoms. The molecule has 2 aromatic rings. The lowest BCUT2D eigenvalue weighted by molar-refractivity contribution is -0.137. The molecule has 1 aliphatic rings. The predicted octanol–water partition coefficient (Wildman–Crippen LogP) is 3.52. The predicted molar refractivity (Wildman–Crippen MR) is 117 cm³/mol. The fourth-order valence-corrected chi connectivity index (χ4v) is 5.98. The molecule has 0 saturated carbocycles. The first-order chi connectivity index (χ1) is 14.3. The SMILES string of the molecule is CN1CCN(S(=O)(=O)c2ccc(NS(=O)(=O)c3cc(C(F)(F)F)ccc3Cl)cc2)CC1.Cl. The lowest BCUT2D eigenvalue weighted by Crippen LogP contribution is -2.46. The van der Waals surface area contributed by atoms with E-state index in [-0.39, 0.29) is 28.0 Å². The first kappa shape index (κ1) is 26.7. The number of alkyl halides is 3. The van der Waals surface area contributed by atoms with Gasteiger partial charge in [0.2, 0.25) is 10.0 Å². The molecule has 7 nitrogen and oxygen atoms in total. The summed E-state index contributed by atoms with van der Waals surface area (Å²) in [5, 5.41) is -0.380. The van der Waals surface area contributed by atoms with Gasteiger partial charge >= 0.3 is 6.18 Å². The lowest BCUT2D eigenvalue weighted by atomic mass is 10.2. The van der Waals surface area contributed by atoms with E-state index in [2.05, 4.69) is 4.72 Å².